The summed E-state index contributed by atoms with van der Waals surface area (Å²) >= 11 is 3.52. The fraction of sp³-hybridized carbons (Fsp3) is 0.571. The van der Waals surface area contributed by atoms with Gasteiger partial charge in [0.25, 0.3) is 0 Å². The van der Waals surface area contributed by atoms with E-state index in [4.69, 9.17) is 14.2 Å². The van der Waals surface area contributed by atoms with Crippen LogP contribution in [-0.2, 0) is 20.8 Å². The average Bonchev–Trinajstić information content (AvgIpc) is 2.43. The molecule has 0 aliphatic heterocycles. The van der Waals surface area contributed by atoms with Gasteiger partial charge >= 0.3 is 0 Å². The molecule has 0 fully saturated rings. The van der Waals surface area contributed by atoms with Crippen LogP contribution < -0.4 is 5.32 Å². The van der Waals surface area contributed by atoms with Crippen molar-refractivity contribution >= 4 is 15.9 Å². The molecule has 0 bridgehead atoms. The van der Waals surface area contributed by atoms with Crippen molar-refractivity contribution in [2.24, 2.45) is 0 Å². The second-order valence-corrected chi connectivity index (χ2v) is 4.84. The largest absolute Gasteiger partial charge is 0.382 e. The summed E-state index contributed by atoms with van der Waals surface area (Å²) in [5.74, 6) is 0. The van der Waals surface area contributed by atoms with Crippen LogP contribution in [0.25, 0.3) is 0 Å². The molecule has 0 amide bonds. The van der Waals surface area contributed by atoms with Crippen LogP contribution in [-0.4, -0.2) is 46.7 Å². The lowest BCUT2D eigenvalue weighted by atomic mass is 10.2. The molecule has 0 aliphatic rings. The molecule has 0 spiro atoms. The van der Waals surface area contributed by atoms with E-state index in [-0.39, 0.29) is 0 Å². The van der Waals surface area contributed by atoms with Gasteiger partial charge in [0.05, 0.1) is 33.0 Å². The van der Waals surface area contributed by atoms with E-state index >= 15 is 0 Å². The maximum Gasteiger partial charge on any atom is 0.0701 e. The molecule has 0 saturated carbocycles. The highest BCUT2D eigenvalue weighted by atomic mass is 79.9. The second kappa shape index (κ2) is 11.4. The highest BCUT2D eigenvalue weighted by Crippen LogP contribution is 2.14. The van der Waals surface area contributed by atoms with Gasteiger partial charge in [-0.2, -0.15) is 0 Å². The number of halogens is 1. The lowest BCUT2D eigenvalue weighted by Gasteiger charge is -2.08. The van der Waals surface area contributed by atoms with E-state index in [0.29, 0.717) is 33.0 Å². The topological polar surface area (TPSA) is 39.7 Å². The molecule has 0 saturated heterocycles. The summed E-state index contributed by atoms with van der Waals surface area (Å²) in [4.78, 5) is 0. The smallest absolute Gasteiger partial charge is 0.0701 e. The molecule has 0 aromatic heterocycles. The zero-order valence-corrected chi connectivity index (χ0v) is 12.9. The summed E-state index contributed by atoms with van der Waals surface area (Å²) in [7, 11) is 1.66. The van der Waals surface area contributed by atoms with Gasteiger partial charge < -0.3 is 19.5 Å². The standard InChI is InChI=1S/C14H22BrNO3/c1-17-8-9-19-11-10-18-7-6-16-12-13-4-2-3-5-14(13)15/h2-5,16H,6-12H2,1H3. The van der Waals surface area contributed by atoms with Crippen LogP contribution in [0, 0.1) is 0 Å². The van der Waals surface area contributed by atoms with E-state index in [1.54, 1.807) is 7.11 Å². The number of benzene rings is 1. The van der Waals surface area contributed by atoms with E-state index in [0.717, 1.165) is 17.6 Å². The summed E-state index contributed by atoms with van der Waals surface area (Å²) in [6, 6.07) is 8.20. The third-order valence-electron chi connectivity index (χ3n) is 2.50. The van der Waals surface area contributed by atoms with Gasteiger partial charge in [-0.05, 0) is 11.6 Å². The highest BCUT2D eigenvalue weighted by molar-refractivity contribution is 9.10. The first-order valence-corrected chi connectivity index (χ1v) is 7.22. The van der Waals surface area contributed by atoms with Crippen molar-refractivity contribution in [1.82, 2.24) is 5.32 Å². The van der Waals surface area contributed by atoms with Gasteiger partial charge in [0, 0.05) is 24.7 Å². The van der Waals surface area contributed by atoms with Gasteiger partial charge in [0.15, 0.2) is 0 Å². The van der Waals surface area contributed by atoms with Gasteiger partial charge in [-0.3, -0.25) is 0 Å². The molecule has 0 atom stereocenters. The first kappa shape index (κ1) is 16.6. The van der Waals surface area contributed by atoms with Crippen molar-refractivity contribution in [3.63, 3.8) is 0 Å². The SMILES string of the molecule is COCCOCCOCCNCc1ccccc1Br. The Morgan fingerprint density at radius 1 is 1.00 bits per heavy atom. The molecule has 108 valence electrons. The van der Waals surface area contributed by atoms with E-state index in [1.165, 1.54) is 5.56 Å². The number of hydrogen-bond donors (Lipinski definition) is 1. The van der Waals surface area contributed by atoms with E-state index in [9.17, 15) is 0 Å². The predicted octanol–water partition coefficient (Wildman–Crippen LogP) is 2.22. The molecule has 1 aromatic carbocycles. The summed E-state index contributed by atoms with van der Waals surface area (Å²) < 4.78 is 16.7. The van der Waals surface area contributed by atoms with Crippen LogP contribution in [0.4, 0.5) is 0 Å². The minimum absolute atomic E-state index is 0.619. The van der Waals surface area contributed by atoms with Gasteiger partial charge in [-0.1, -0.05) is 34.1 Å². The van der Waals surface area contributed by atoms with Crippen LogP contribution in [0.1, 0.15) is 5.56 Å². The molecule has 19 heavy (non-hydrogen) atoms. The Kier molecular flexibility index (Phi) is 9.93. The molecule has 0 heterocycles. The van der Waals surface area contributed by atoms with Crippen LogP contribution in [0.2, 0.25) is 0 Å². The Morgan fingerprint density at radius 2 is 1.68 bits per heavy atom. The van der Waals surface area contributed by atoms with Crippen LogP contribution in [0.15, 0.2) is 28.7 Å². The Hall–Kier alpha value is -0.460. The summed E-state index contributed by atoms with van der Waals surface area (Å²) in [5, 5.41) is 3.34. The van der Waals surface area contributed by atoms with Crippen molar-refractivity contribution in [3.05, 3.63) is 34.3 Å². The normalized spacial score (nSPS) is 10.8. The molecule has 0 aliphatic carbocycles. The lowest BCUT2D eigenvalue weighted by molar-refractivity contribution is 0.0255. The van der Waals surface area contributed by atoms with E-state index < -0.39 is 0 Å². The monoisotopic (exact) mass is 331 g/mol. The van der Waals surface area contributed by atoms with Crippen LogP contribution >= 0.6 is 15.9 Å². The molecule has 4 nitrogen and oxygen atoms in total. The molecule has 1 aromatic rings. The minimum atomic E-state index is 0.619. The van der Waals surface area contributed by atoms with Crippen LogP contribution in [0.5, 0.6) is 0 Å². The van der Waals surface area contributed by atoms with Crippen molar-refractivity contribution in [2.75, 3.05) is 46.7 Å². The van der Waals surface area contributed by atoms with Gasteiger partial charge in [0.1, 0.15) is 0 Å². The average molecular weight is 332 g/mol. The van der Waals surface area contributed by atoms with Crippen LogP contribution in [0.3, 0.4) is 0 Å². The quantitative estimate of drug-likeness (QED) is 0.631. The third kappa shape index (κ3) is 8.34. The maximum atomic E-state index is 5.44. The van der Waals surface area contributed by atoms with Crippen molar-refractivity contribution in [2.45, 2.75) is 6.54 Å². The van der Waals surface area contributed by atoms with Crippen molar-refractivity contribution < 1.29 is 14.2 Å². The number of nitrogens with one attached hydrogen (secondary N) is 1. The van der Waals surface area contributed by atoms with Gasteiger partial charge in [-0.25, -0.2) is 0 Å². The Bertz CT molecular complexity index is 336. The molecule has 1 rings (SSSR count). The molecule has 0 unspecified atom stereocenters. The first-order chi connectivity index (χ1) is 9.34. The zero-order valence-electron chi connectivity index (χ0n) is 11.4. The van der Waals surface area contributed by atoms with Crippen molar-refractivity contribution in [3.8, 4) is 0 Å². The number of rotatable bonds is 11. The summed E-state index contributed by atoms with van der Waals surface area (Å²) in [5.41, 5.74) is 1.25. The fourth-order valence-electron chi connectivity index (χ4n) is 1.47. The van der Waals surface area contributed by atoms with Gasteiger partial charge in [-0.15, -0.1) is 0 Å². The summed E-state index contributed by atoms with van der Waals surface area (Å²) in [6.07, 6.45) is 0. The molecular formula is C14H22BrNO3. The molecular weight excluding hydrogens is 310 g/mol. The second-order valence-electron chi connectivity index (χ2n) is 3.99. The Labute approximate surface area is 123 Å². The zero-order chi connectivity index (χ0) is 13.8. The van der Waals surface area contributed by atoms with Crippen molar-refractivity contribution in [1.29, 1.82) is 0 Å². The first-order valence-electron chi connectivity index (χ1n) is 6.43. The molecule has 1 N–H and O–H groups in total. The Morgan fingerprint density at radius 3 is 2.42 bits per heavy atom. The predicted molar refractivity (Wildman–Crippen MR) is 79.4 cm³/mol. The highest BCUT2D eigenvalue weighted by Gasteiger charge is 1.97. The fourth-order valence-corrected chi connectivity index (χ4v) is 1.90. The minimum Gasteiger partial charge on any atom is -0.382 e. The Balaban J connectivity index is 1.90. The summed E-state index contributed by atoms with van der Waals surface area (Å²) in [6.45, 7) is 4.87. The number of methoxy groups -OCH3 is 1. The lowest BCUT2D eigenvalue weighted by Crippen LogP contribution is -2.20. The number of ether oxygens (including phenoxy) is 3. The maximum absolute atomic E-state index is 5.44. The van der Waals surface area contributed by atoms with E-state index in [1.807, 2.05) is 18.2 Å². The van der Waals surface area contributed by atoms with E-state index in [2.05, 4.69) is 27.3 Å². The van der Waals surface area contributed by atoms with Gasteiger partial charge in [0.2, 0.25) is 0 Å². The number of hydrogen-bond acceptors (Lipinski definition) is 4. The third-order valence-corrected chi connectivity index (χ3v) is 3.27. The molecule has 5 heteroatoms. The molecule has 0 radical (unpaired) electrons.